The van der Waals surface area contributed by atoms with E-state index >= 15 is 0 Å². The van der Waals surface area contributed by atoms with Gasteiger partial charge in [0.25, 0.3) is 5.91 Å². The van der Waals surface area contributed by atoms with E-state index in [0.717, 1.165) is 42.6 Å². The third-order valence-electron chi connectivity index (χ3n) is 8.12. The van der Waals surface area contributed by atoms with Crippen LogP contribution in [0.1, 0.15) is 30.6 Å². The number of rotatable bonds is 8. The number of hydrogen-bond acceptors (Lipinski definition) is 9. The average Bonchev–Trinajstić information content (AvgIpc) is 3.69. The van der Waals surface area contributed by atoms with Crippen molar-refractivity contribution in [3.05, 3.63) is 45.7 Å². The van der Waals surface area contributed by atoms with Gasteiger partial charge in [-0.25, -0.2) is 4.98 Å². The molecule has 0 spiro atoms. The number of hydrogen-bond donors (Lipinski definition) is 1. The number of ether oxygens (including phenoxy) is 1. The van der Waals surface area contributed by atoms with Gasteiger partial charge in [0, 0.05) is 54.1 Å². The van der Waals surface area contributed by atoms with Crippen LogP contribution in [0.2, 0.25) is 0 Å². The van der Waals surface area contributed by atoms with E-state index in [9.17, 15) is 14.4 Å². The molecule has 0 aliphatic carbocycles. The molecule has 3 fully saturated rings. The number of piperazine rings is 1. The van der Waals surface area contributed by atoms with Gasteiger partial charge in [-0.2, -0.15) is 0 Å². The summed E-state index contributed by atoms with van der Waals surface area (Å²) in [6, 6.07) is 4.89. The van der Waals surface area contributed by atoms with E-state index in [4.69, 9.17) is 15.3 Å². The summed E-state index contributed by atoms with van der Waals surface area (Å²) in [7, 11) is 2.12. The second kappa shape index (κ2) is 11.9. The van der Waals surface area contributed by atoms with Gasteiger partial charge in [0.15, 0.2) is 10.9 Å². The molecule has 1 aromatic heterocycles. The lowest BCUT2D eigenvalue weighted by Gasteiger charge is -2.32. The number of likely N-dealkylation sites (N-methyl/N-ethyl adjacent to an activating group) is 1. The number of carbonyl (C=O) groups is 3. The van der Waals surface area contributed by atoms with E-state index in [1.165, 1.54) is 4.90 Å². The molecule has 13 heteroatoms. The Morgan fingerprint density at radius 3 is 2.65 bits per heavy atom. The van der Waals surface area contributed by atoms with Crippen molar-refractivity contribution in [1.29, 1.82) is 0 Å². The highest BCUT2D eigenvalue weighted by atomic mass is 32.1. The maximum atomic E-state index is 13.7. The first-order valence-electron chi connectivity index (χ1n) is 13.6. The normalized spacial score (nSPS) is 24.4. The Labute approximate surface area is 236 Å². The van der Waals surface area contributed by atoms with Crippen LogP contribution in [0.5, 0.6) is 0 Å². The number of ketones is 1. The molecule has 5 rings (SSSR count). The molecule has 212 valence electrons. The van der Waals surface area contributed by atoms with Crippen molar-refractivity contribution in [3.8, 4) is 11.3 Å². The Kier molecular flexibility index (Phi) is 8.36. The lowest BCUT2D eigenvalue weighted by molar-refractivity contribution is -0.139. The monoisotopic (exact) mass is 566 g/mol. The molecule has 2 amide bonds. The van der Waals surface area contributed by atoms with Gasteiger partial charge >= 0.3 is 0 Å². The van der Waals surface area contributed by atoms with Gasteiger partial charge in [0.2, 0.25) is 5.91 Å². The number of aromatic nitrogens is 1. The molecule has 4 heterocycles. The van der Waals surface area contributed by atoms with Gasteiger partial charge in [-0.05, 0) is 30.6 Å². The lowest BCUT2D eigenvalue weighted by atomic mass is 9.96. The van der Waals surface area contributed by atoms with E-state index in [-0.39, 0.29) is 36.7 Å². The van der Waals surface area contributed by atoms with E-state index < -0.39 is 24.2 Å². The fraction of sp³-hybridized carbons (Fsp3) is 0.556. The Balaban J connectivity index is 1.28. The molecule has 0 radical (unpaired) electrons. The summed E-state index contributed by atoms with van der Waals surface area (Å²) in [4.78, 5) is 53.2. The van der Waals surface area contributed by atoms with E-state index in [1.54, 1.807) is 23.5 Å². The molecule has 12 nitrogen and oxygen atoms in total. The van der Waals surface area contributed by atoms with Crippen molar-refractivity contribution in [2.24, 2.45) is 11.0 Å². The maximum absolute atomic E-state index is 13.7. The highest BCUT2D eigenvalue weighted by Crippen LogP contribution is 2.31. The van der Waals surface area contributed by atoms with Gasteiger partial charge in [-0.1, -0.05) is 37.5 Å². The lowest BCUT2D eigenvalue weighted by Crippen LogP contribution is -2.54. The topological polar surface area (TPSA) is 144 Å². The van der Waals surface area contributed by atoms with Crippen molar-refractivity contribution < 1.29 is 19.1 Å². The van der Waals surface area contributed by atoms with Crippen LogP contribution in [0, 0.1) is 5.92 Å². The molecule has 5 atom stereocenters. The van der Waals surface area contributed by atoms with Crippen molar-refractivity contribution in [2.75, 3.05) is 51.3 Å². The minimum absolute atomic E-state index is 0.0746. The van der Waals surface area contributed by atoms with Gasteiger partial charge in [0.1, 0.15) is 18.7 Å². The third-order valence-corrected chi connectivity index (χ3v) is 9.02. The first kappa shape index (κ1) is 28.0. The molecule has 3 aliphatic rings. The number of carbonyl (C=O) groups excluding carboxylic acids is 3. The zero-order valence-electron chi connectivity index (χ0n) is 22.9. The fourth-order valence-corrected chi connectivity index (χ4v) is 6.33. The van der Waals surface area contributed by atoms with Crippen LogP contribution < -0.4 is 10.2 Å². The number of thiazole rings is 1. The zero-order chi connectivity index (χ0) is 28.4. The minimum Gasteiger partial charge on any atom is -0.367 e. The van der Waals surface area contributed by atoms with Crippen LogP contribution >= 0.6 is 11.3 Å². The Morgan fingerprint density at radius 2 is 1.98 bits per heavy atom. The summed E-state index contributed by atoms with van der Waals surface area (Å²) in [6.07, 6.45) is -0.0167. The number of anilines is 1. The largest absolute Gasteiger partial charge is 0.367 e. The summed E-state index contributed by atoms with van der Waals surface area (Å²) in [6.45, 7) is 7.69. The average molecular weight is 567 g/mol. The minimum atomic E-state index is -0.847. The molecule has 3 saturated heterocycles. The predicted molar refractivity (Wildman–Crippen MR) is 151 cm³/mol. The van der Waals surface area contributed by atoms with Gasteiger partial charge < -0.3 is 24.8 Å². The van der Waals surface area contributed by atoms with Crippen molar-refractivity contribution in [1.82, 2.24) is 20.1 Å². The Hall–Kier alpha value is -3.51. The molecule has 3 aliphatic heterocycles. The molecular formula is C27H34N8O4S. The van der Waals surface area contributed by atoms with Crippen LogP contribution in [-0.2, 0) is 14.3 Å². The number of Topliss-reactive ketones (excluding diaryl/α,β-unsaturated/α-hetero) is 1. The predicted octanol–water partition coefficient (Wildman–Crippen LogP) is 2.56. The van der Waals surface area contributed by atoms with Crippen molar-refractivity contribution in [2.45, 2.75) is 44.5 Å². The van der Waals surface area contributed by atoms with Crippen LogP contribution in [0.15, 0.2) is 34.8 Å². The number of benzene rings is 1. The molecule has 0 bridgehead atoms. The maximum Gasteiger partial charge on any atom is 0.251 e. The molecule has 2 aromatic rings. The fourth-order valence-electron chi connectivity index (χ4n) is 5.44. The second-order valence-corrected chi connectivity index (χ2v) is 11.5. The number of fused-ring (bicyclic) bond motifs is 1. The van der Waals surface area contributed by atoms with Crippen molar-refractivity contribution in [3.63, 3.8) is 0 Å². The molecule has 1 unspecified atom stereocenters. The van der Waals surface area contributed by atoms with E-state index in [0.29, 0.717) is 12.0 Å². The van der Waals surface area contributed by atoms with Gasteiger partial charge in [0.05, 0.1) is 17.8 Å². The summed E-state index contributed by atoms with van der Waals surface area (Å²) in [5.74, 6) is -1.16. The van der Waals surface area contributed by atoms with Crippen LogP contribution in [0.25, 0.3) is 21.7 Å². The van der Waals surface area contributed by atoms with Gasteiger partial charge in [-0.15, -0.1) is 11.3 Å². The third kappa shape index (κ3) is 5.55. The number of likely N-dealkylation sites (tertiary alicyclic amines) is 1. The highest BCUT2D eigenvalue weighted by molar-refractivity contribution is 7.14. The standard InChI is InChI=1S/C27H34N8O4S/c1-4-16(2)22(26(38)35-13-19(31-32-28)24-23(35)21(36)14-39-24)30-25(37)18-7-5-17(6-8-18)20-15-40-27(29-20)34-11-9-33(3)10-12-34/h5-8,15-16,19,22-24H,4,9-14H2,1-3H3,(H,30,37)/t16?,19-,22+,23-,24-/m1/s1. The van der Waals surface area contributed by atoms with Gasteiger partial charge in [-0.3, -0.25) is 14.4 Å². The van der Waals surface area contributed by atoms with Crippen LogP contribution in [0.3, 0.4) is 0 Å². The Morgan fingerprint density at radius 1 is 1.25 bits per heavy atom. The molecule has 40 heavy (non-hydrogen) atoms. The summed E-state index contributed by atoms with van der Waals surface area (Å²) in [5, 5.41) is 9.67. The number of azide groups is 1. The zero-order valence-corrected chi connectivity index (χ0v) is 23.7. The van der Waals surface area contributed by atoms with Crippen molar-refractivity contribution >= 4 is 34.1 Å². The van der Waals surface area contributed by atoms with E-state index in [1.807, 2.05) is 31.4 Å². The first-order chi connectivity index (χ1) is 19.3. The molecule has 0 saturated carbocycles. The summed E-state index contributed by atoms with van der Waals surface area (Å²) in [5.41, 5.74) is 11.1. The second-order valence-electron chi connectivity index (χ2n) is 10.7. The quantitative estimate of drug-likeness (QED) is 0.294. The summed E-state index contributed by atoms with van der Waals surface area (Å²) < 4.78 is 5.53. The molecular weight excluding hydrogens is 532 g/mol. The first-order valence-corrected chi connectivity index (χ1v) is 14.5. The molecule has 1 aromatic carbocycles. The molecule has 1 N–H and O–H groups in total. The summed E-state index contributed by atoms with van der Waals surface area (Å²) >= 11 is 1.62. The number of nitrogens with one attached hydrogen (secondary N) is 1. The Bertz CT molecular complexity index is 1300. The number of amides is 2. The number of nitrogens with zero attached hydrogens (tertiary/aromatic N) is 7. The smallest absolute Gasteiger partial charge is 0.251 e. The SMILES string of the molecule is CCC(C)[C@H](NC(=O)c1ccc(-c2csc(N3CCN(C)CC3)n2)cc1)C(=O)N1C[C@@H](N=[N+]=[N-])[C@H]2OCC(=O)[C@H]21. The van der Waals surface area contributed by atoms with Crippen LogP contribution in [0.4, 0.5) is 5.13 Å². The van der Waals surface area contributed by atoms with E-state index in [2.05, 4.69) is 32.2 Å². The van der Waals surface area contributed by atoms with Crippen LogP contribution in [-0.4, -0.2) is 103 Å². The highest BCUT2D eigenvalue weighted by Gasteiger charge is 2.53.